The lowest BCUT2D eigenvalue weighted by atomic mass is 9.97. The molecule has 2 nitrogen and oxygen atoms in total. The second-order valence-electron chi connectivity index (χ2n) is 10.3. The van der Waals surface area contributed by atoms with Crippen molar-refractivity contribution in [1.29, 1.82) is 0 Å². The predicted octanol–water partition coefficient (Wildman–Crippen LogP) is 10.5. The predicted molar refractivity (Wildman–Crippen MR) is 171 cm³/mol. The second-order valence-corrected chi connectivity index (χ2v) is 10.3. The monoisotopic (exact) mass is 510 g/mol. The Kier molecular flexibility index (Phi) is 5.17. The van der Waals surface area contributed by atoms with Gasteiger partial charge in [0.2, 0.25) is 0 Å². The molecular formula is C38H26N2. The minimum atomic E-state index is 1.07. The molecule has 2 heteroatoms. The van der Waals surface area contributed by atoms with E-state index in [-0.39, 0.29) is 0 Å². The highest BCUT2D eigenvalue weighted by Crippen LogP contribution is 2.35. The SMILES string of the molecule is c1ccc(-c2ccc3c(ccc4cc(Nc5ccc6c7ccccc7n(-c7ccccc7)c6c5)ccc43)c2)cc1. The van der Waals surface area contributed by atoms with Crippen LogP contribution < -0.4 is 5.32 Å². The van der Waals surface area contributed by atoms with Crippen LogP contribution >= 0.6 is 0 Å². The zero-order chi connectivity index (χ0) is 26.5. The highest BCUT2D eigenvalue weighted by Gasteiger charge is 2.13. The van der Waals surface area contributed by atoms with Gasteiger partial charge in [0.1, 0.15) is 0 Å². The van der Waals surface area contributed by atoms with E-state index in [2.05, 4.69) is 162 Å². The maximum Gasteiger partial charge on any atom is 0.0561 e. The van der Waals surface area contributed by atoms with Crippen molar-refractivity contribution in [3.8, 4) is 16.8 Å². The van der Waals surface area contributed by atoms with Crippen LogP contribution in [-0.4, -0.2) is 4.57 Å². The van der Waals surface area contributed by atoms with Gasteiger partial charge in [-0.2, -0.15) is 0 Å². The molecule has 0 spiro atoms. The summed E-state index contributed by atoms with van der Waals surface area (Å²) < 4.78 is 2.35. The molecule has 1 aromatic heterocycles. The number of anilines is 2. The third-order valence-corrected chi connectivity index (χ3v) is 7.92. The van der Waals surface area contributed by atoms with Crippen molar-refractivity contribution in [3.63, 3.8) is 0 Å². The summed E-state index contributed by atoms with van der Waals surface area (Å²) in [6.45, 7) is 0. The molecule has 188 valence electrons. The van der Waals surface area contributed by atoms with Crippen LogP contribution in [0.4, 0.5) is 11.4 Å². The van der Waals surface area contributed by atoms with Crippen LogP contribution in [0.25, 0.3) is 60.2 Å². The molecular weight excluding hydrogens is 484 g/mol. The van der Waals surface area contributed by atoms with E-state index in [0.717, 1.165) is 11.4 Å². The third-order valence-electron chi connectivity index (χ3n) is 7.92. The van der Waals surface area contributed by atoms with Gasteiger partial charge in [-0.1, -0.05) is 103 Å². The largest absolute Gasteiger partial charge is 0.355 e. The van der Waals surface area contributed by atoms with Crippen molar-refractivity contribution >= 4 is 54.7 Å². The van der Waals surface area contributed by atoms with Gasteiger partial charge in [0, 0.05) is 27.8 Å². The number of rotatable bonds is 4. The summed E-state index contributed by atoms with van der Waals surface area (Å²) in [5, 5.41) is 11.2. The Morgan fingerprint density at radius 2 is 0.975 bits per heavy atom. The first-order chi connectivity index (χ1) is 19.8. The van der Waals surface area contributed by atoms with Gasteiger partial charge in [0.25, 0.3) is 0 Å². The smallest absolute Gasteiger partial charge is 0.0561 e. The van der Waals surface area contributed by atoms with Gasteiger partial charge in [-0.3, -0.25) is 0 Å². The minimum absolute atomic E-state index is 1.07. The van der Waals surface area contributed by atoms with E-state index in [1.54, 1.807) is 0 Å². The van der Waals surface area contributed by atoms with E-state index in [0.29, 0.717) is 0 Å². The Bertz CT molecular complexity index is 2170. The summed E-state index contributed by atoms with van der Waals surface area (Å²) in [5.41, 5.74) is 8.21. The molecule has 0 saturated carbocycles. The Morgan fingerprint density at radius 1 is 0.375 bits per heavy atom. The van der Waals surface area contributed by atoms with Crippen molar-refractivity contribution in [1.82, 2.24) is 4.57 Å². The number of para-hydroxylation sites is 2. The average molecular weight is 511 g/mol. The summed E-state index contributed by atoms with van der Waals surface area (Å²) >= 11 is 0. The van der Waals surface area contributed by atoms with E-state index >= 15 is 0 Å². The Balaban J connectivity index is 1.19. The van der Waals surface area contributed by atoms with E-state index in [9.17, 15) is 0 Å². The molecule has 1 heterocycles. The number of hydrogen-bond acceptors (Lipinski definition) is 1. The van der Waals surface area contributed by atoms with Gasteiger partial charge >= 0.3 is 0 Å². The van der Waals surface area contributed by atoms with Crippen LogP contribution in [-0.2, 0) is 0 Å². The number of hydrogen-bond donors (Lipinski definition) is 1. The van der Waals surface area contributed by atoms with Gasteiger partial charge in [0.15, 0.2) is 0 Å². The molecule has 1 N–H and O–H groups in total. The lowest BCUT2D eigenvalue weighted by molar-refractivity contribution is 1.18. The molecule has 7 aromatic carbocycles. The van der Waals surface area contributed by atoms with Crippen LogP contribution in [0.1, 0.15) is 0 Å². The van der Waals surface area contributed by atoms with E-state index in [4.69, 9.17) is 0 Å². The van der Waals surface area contributed by atoms with Gasteiger partial charge in [-0.15, -0.1) is 0 Å². The summed E-state index contributed by atoms with van der Waals surface area (Å²) in [6, 6.07) is 54.4. The number of aromatic nitrogens is 1. The van der Waals surface area contributed by atoms with Crippen LogP contribution in [0, 0.1) is 0 Å². The normalized spacial score (nSPS) is 11.5. The summed E-state index contributed by atoms with van der Waals surface area (Å²) in [7, 11) is 0. The first kappa shape index (κ1) is 22.6. The van der Waals surface area contributed by atoms with Gasteiger partial charge in [0.05, 0.1) is 11.0 Å². The molecule has 0 saturated heterocycles. The molecule has 0 amide bonds. The van der Waals surface area contributed by atoms with Crippen molar-refractivity contribution in [3.05, 3.63) is 152 Å². The second kappa shape index (κ2) is 9.14. The topological polar surface area (TPSA) is 17.0 Å². The molecule has 0 bridgehead atoms. The van der Waals surface area contributed by atoms with E-state index < -0.39 is 0 Å². The fourth-order valence-electron chi connectivity index (χ4n) is 6.03. The standard InChI is InChI=1S/C38H26N2/c1-3-9-26(10-4-1)27-17-20-33-28(23-27)15-16-29-24-30(18-21-34(29)33)39-31-19-22-36-35-13-7-8-14-37(35)40(38(36)25-31)32-11-5-2-6-12-32/h1-25,39H. The van der Waals surface area contributed by atoms with E-state index in [1.807, 2.05) is 0 Å². The number of nitrogens with zero attached hydrogens (tertiary/aromatic N) is 1. The van der Waals surface area contributed by atoms with Crippen LogP contribution in [0.2, 0.25) is 0 Å². The minimum Gasteiger partial charge on any atom is -0.355 e. The van der Waals surface area contributed by atoms with Crippen molar-refractivity contribution < 1.29 is 0 Å². The molecule has 0 radical (unpaired) electrons. The summed E-state index contributed by atoms with van der Waals surface area (Å²) in [5.74, 6) is 0. The first-order valence-electron chi connectivity index (χ1n) is 13.7. The van der Waals surface area contributed by atoms with Gasteiger partial charge < -0.3 is 9.88 Å². The van der Waals surface area contributed by atoms with E-state index in [1.165, 1.54) is 60.2 Å². The highest BCUT2D eigenvalue weighted by molar-refractivity contribution is 6.11. The molecule has 0 aliphatic rings. The van der Waals surface area contributed by atoms with Crippen molar-refractivity contribution in [2.75, 3.05) is 5.32 Å². The third kappa shape index (κ3) is 3.73. The molecule has 0 aliphatic carbocycles. The van der Waals surface area contributed by atoms with Gasteiger partial charge in [-0.05, 0) is 81.2 Å². The number of nitrogens with one attached hydrogen (secondary N) is 1. The molecule has 0 unspecified atom stereocenters. The fraction of sp³-hybridized carbons (Fsp3) is 0. The summed E-state index contributed by atoms with van der Waals surface area (Å²) in [4.78, 5) is 0. The number of fused-ring (bicyclic) bond motifs is 6. The maximum absolute atomic E-state index is 3.68. The molecule has 0 atom stereocenters. The lowest BCUT2D eigenvalue weighted by Gasteiger charge is -2.12. The van der Waals surface area contributed by atoms with Crippen molar-refractivity contribution in [2.24, 2.45) is 0 Å². The molecule has 40 heavy (non-hydrogen) atoms. The Morgan fingerprint density at radius 3 is 1.77 bits per heavy atom. The molecule has 0 aliphatic heterocycles. The fourth-order valence-corrected chi connectivity index (χ4v) is 6.03. The zero-order valence-electron chi connectivity index (χ0n) is 21.9. The zero-order valence-corrected chi connectivity index (χ0v) is 21.9. The molecule has 8 aromatic rings. The summed E-state index contributed by atoms with van der Waals surface area (Å²) in [6.07, 6.45) is 0. The van der Waals surface area contributed by atoms with Crippen molar-refractivity contribution in [2.45, 2.75) is 0 Å². The average Bonchev–Trinajstić information content (AvgIpc) is 3.35. The maximum atomic E-state index is 3.68. The molecule has 0 fully saturated rings. The lowest BCUT2D eigenvalue weighted by Crippen LogP contribution is -1.95. The number of benzene rings is 7. The first-order valence-corrected chi connectivity index (χ1v) is 13.7. The molecule has 8 rings (SSSR count). The Labute approximate surface area is 232 Å². The Hall–Kier alpha value is -5.34. The quantitative estimate of drug-likeness (QED) is 0.233. The van der Waals surface area contributed by atoms with Crippen LogP contribution in [0.3, 0.4) is 0 Å². The highest BCUT2D eigenvalue weighted by atomic mass is 15.0. The van der Waals surface area contributed by atoms with Crippen LogP contribution in [0.15, 0.2) is 152 Å². The van der Waals surface area contributed by atoms with Crippen LogP contribution in [0.5, 0.6) is 0 Å². The van der Waals surface area contributed by atoms with Gasteiger partial charge in [-0.25, -0.2) is 0 Å².